The molecule has 2 N–H and O–H groups in total. The minimum atomic E-state index is -0.287. The van der Waals surface area contributed by atoms with Crippen molar-refractivity contribution < 1.29 is 15.1 Å². The second kappa shape index (κ2) is 6.36. The summed E-state index contributed by atoms with van der Waals surface area (Å²) in [4.78, 5) is 0. The Hall–Kier alpha value is -0.610. The van der Waals surface area contributed by atoms with E-state index in [0.717, 1.165) is 57.1 Å². The molecule has 2 aliphatic carbocycles. The van der Waals surface area contributed by atoms with Crippen LogP contribution in [0.1, 0.15) is 57.8 Å². The predicted octanol–water partition coefficient (Wildman–Crippen LogP) is 2.47. The van der Waals surface area contributed by atoms with E-state index in [0.29, 0.717) is 0 Å². The number of rotatable bonds is 2. The minimum Gasteiger partial charge on any atom is -0.411 e. The Labute approximate surface area is 103 Å². The quantitative estimate of drug-likeness (QED) is 0.443. The van der Waals surface area contributed by atoms with Gasteiger partial charge in [0.2, 0.25) is 0 Å². The summed E-state index contributed by atoms with van der Waals surface area (Å²) < 4.78 is 6.03. The van der Waals surface area contributed by atoms with Crippen molar-refractivity contribution in [1.29, 1.82) is 0 Å². The van der Waals surface area contributed by atoms with Gasteiger partial charge in [-0.2, -0.15) is 0 Å². The molecule has 2 rings (SSSR count). The summed E-state index contributed by atoms with van der Waals surface area (Å²) in [7, 11) is 0. The van der Waals surface area contributed by atoms with E-state index < -0.39 is 0 Å². The Morgan fingerprint density at radius 3 is 2.41 bits per heavy atom. The van der Waals surface area contributed by atoms with E-state index in [1.807, 2.05) is 0 Å². The zero-order chi connectivity index (χ0) is 12.1. The van der Waals surface area contributed by atoms with Crippen LogP contribution >= 0.6 is 0 Å². The molecular weight excluding hydrogens is 218 g/mol. The number of hydrogen-bond donors (Lipinski definition) is 2. The van der Waals surface area contributed by atoms with Gasteiger partial charge in [0.25, 0.3) is 0 Å². The van der Waals surface area contributed by atoms with Crippen LogP contribution in [-0.4, -0.2) is 34.3 Å². The van der Waals surface area contributed by atoms with Crippen LogP contribution in [0.15, 0.2) is 5.16 Å². The third-order valence-electron chi connectivity index (χ3n) is 3.94. The normalized spacial score (nSPS) is 35.4. The molecule has 2 aliphatic rings. The van der Waals surface area contributed by atoms with Crippen molar-refractivity contribution in [1.82, 2.24) is 0 Å². The van der Waals surface area contributed by atoms with Crippen LogP contribution in [-0.2, 0) is 4.74 Å². The van der Waals surface area contributed by atoms with Gasteiger partial charge in [-0.1, -0.05) is 24.4 Å². The number of oxime groups is 1. The molecule has 2 unspecified atom stereocenters. The summed E-state index contributed by atoms with van der Waals surface area (Å²) in [6, 6.07) is 0. The Bertz CT molecular complexity index is 257. The number of hydrogen-bond acceptors (Lipinski definition) is 4. The van der Waals surface area contributed by atoms with Crippen LogP contribution in [0.25, 0.3) is 0 Å². The molecule has 0 aliphatic heterocycles. The number of ether oxygens (including phenoxy) is 1. The van der Waals surface area contributed by atoms with E-state index in [1.54, 1.807) is 0 Å². The van der Waals surface area contributed by atoms with Gasteiger partial charge in [-0.3, -0.25) is 0 Å². The van der Waals surface area contributed by atoms with E-state index in [9.17, 15) is 5.11 Å². The highest BCUT2D eigenvalue weighted by Gasteiger charge is 2.27. The summed E-state index contributed by atoms with van der Waals surface area (Å²) in [6.07, 6.45) is 8.81. The lowest BCUT2D eigenvalue weighted by molar-refractivity contribution is -0.0844. The molecule has 2 saturated carbocycles. The molecule has 0 amide bonds. The van der Waals surface area contributed by atoms with Crippen LogP contribution in [0.2, 0.25) is 0 Å². The maximum absolute atomic E-state index is 9.99. The minimum absolute atomic E-state index is 0.0233. The van der Waals surface area contributed by atoms with Crippen molar-refractivity contribution in [3.8, 4) is 0 Å². The molecule has 0 aromatic carbocycles. The summed E-state index contributed by atoms with van der Waals surface area (Å²) >= 11 is 0. The maximum Gasteiger partial charge on any atom is 0.0837 e. The van der Waals surface area contributed by atoms with E-state index in [2.05, 4.69) is 5.16 Å². The van der Waals surface area contributed by atoms with Crippen LogP contribution in [0.3, 0.4) is 0 Å². The van der Waals surface area contributed by atoms with Gasteiger partial charge in [0.05, 0.1) is 24.0 Å². The molecule has 4 heteroatoms. The largest absolute Gasteiger partial charge is 0.411 e. The summed E-state index contributed by atoms with van der Waals surface area (Å²) in [5.41, 5.74) is 0.881. The molecule has 2 atom stereocenters. The Morgan fingerprint density at radius 1 is 1.00 bits per heavy atom. The smallest absolute Gasteiger partial charge is 0.0837 e. The molecular formula is C13H23NO3. The molecule has 4 nitrogen and oxygen atoms in total. The second-order valence-corrected chi connectivity index (χ2v) is 5.25. The molecule has 0 bridgehead atoms. The van der Waals surface area contributed by atoms with Crippen LogP contribution in [0, 0.1) is 0 Å². The van der Waals surface area contributed by atoms with Crippen molar-refractivity contribution in [2.45, 2.75) is 76.1 Å². The van der Waals surface area contributed by atoms with Gasteiger partial charge in [0, 0.05) is 0 Å². The molecule has 98 valence electrons. The number of nitrogens with zero attached hydrogens (tertiary/aromatic N) is 1. The van der Waals surface area contributed by atoms with Crippen molar-refractivity contribution in [2.24, 2.45) is 5.16 Å². The average molecular weight is 241 g/mol. The fourth-order valence-electron chi connectivity index (χ4n) is 2.82. The van der Waals surface area contributed by atoms with Gasteiger partial charge in [0.1, 0.15) is 0 Å². The van der Waals surface area contributed by atoms with Crippen LogP contribution < -0.4 is 0 Å². The van der Waals surface area contributed by atoms with Crippen molar-refractivity contribution in [3.05, 3.63) is 0 Å². The van der Waals surface area contributed by atoms with E-state index in [-0.39, 0.29) is 18.3 Å². The van der Waals surface area contributed by atoms with Crippen LogP contribution in [0.4, 0.5) is 0 Å². The monoisotopic (exact) mass is 241 g/mol. The lowest BCUT2D eigenvalue weighted by atomic mass is 9.95. The van der Waals surface area contributed by atoms with Gasteiger partial charge in [-0.15, -0.1) is 0 Å². The third kappa shape index (κ3) is 3.68. The molecule has 0 radical (unpaired) electrons. The highest BCUT2D eigenvalue weighted by molar-refractivity contribution is 5.84. The third-order valence-corrected chi connectivity index (χ3v) is 3.94. The Morgan fingerprint density at radius 2 is 1.71 bits per heavy atom. The Kier molecular flexibility index (Phi) is 4.80. The lowest BCUT2D eigenvalue weighted by Crippen LogP contribution is -2.34. The molecule has 0 spiro atoms. The highest BCUT2D eigenvalue weighted by atomic mass is 16.5. The first-order valence-electron chi connectivity index (χ1n) is 6.83. The second-order valence-electron chi connectivity index (χ2n) is 5.25. The fraction of sp³-hybridized carbons (Fsp3) is 0.923. The number of aliphatic hydroxyl groups excluding tert-OH is 1. The maximum atomic E-state index is 9.99. The molecule has 0 saturated heterocycles. The van der Waals surface area contributed by atoms with Gasteiger partial charge >= 0.3 is 0 Å². The summed E-state index contributed by atoms with van der Waals surface area (Å²) in [5, 5.41) is 21.9. The van der Waals surface area contributed by atoms with Crippen LogP contribution in [0.5, 0.6) is 0 Å². The topological polar surface area (TPSA) is 62.1 Å². The summed E-state index contributed by atoms with van der Waals surface area (Å²) in [6.45, 7) is 0. The van der Waals surface area contributed by atoms with Crippen molar-refractivity contribution >= 4 is 5.71 Å². The molecule has 2 fully saturated rings. The average Bonchev–Trinajstić information content (AvgIpc) is 2.56. The van der Waals surface area contributed by atoms with Gasteiger partial charge in [-0.05, 0) is 38.5 Å². The van der Waals surface area contributed by atoms with Crippen molar-refractivity contribution in [2.75, 3.05) is 0 Å². The fourth-order valence-corrected chi connectivity index (χ4v) is 2.82. The molecule has 0 aromatic rings. The number of aliphatic hydroxyl groups is 1. The van der Waals surface area contributed by atoms with Crippen molar-refractivity contribution in [3.63, 3.8) is 0 Å². The predicted molar refractivity (Wildman–Crippen MR) is 65.4 cm³/mol. The summed E-state index contributed by atoms with van der Waals surface area (Å²) in [5.74, 6) is 0. The zero-order valence-electron chi connectivity index (χ0n) is 10.3. The standard InChI is InChI=1S/C13H23NO3/c15-12-4-2-1-3-5-13(12)17-11-8-6-10(14-16)7-9-11/h11-13,15-16H,1-9H2. The lowest BCUT2D eigenvalue weighted by Gasteiger charge is -2.29. The van der Waals surface area contributed by atoms with E-state index in [1.165, 1.54) is 6.42 Å². The first-order chi connectivity index (χ1) is 8.29. The van der Waals surface area contributed by atoms with Gasteiger partial charge in [0.15, 0.2) is 0 Å². The zero-order valence-corrected chi connectivity index (χ0v) is 10.3. The van der Waals surface area contributed by atoms with E-state index >= 15 is 0 Å². The molecule has 0 heterocycles. The Balaban J connectivity index is 1.80. The van der Waals surface area contributed by atoms with Gasteiger partial charge < -0.3 is 15.1 Å². The van der Waals surface area contributed by atoms with Gasteiger partial charge in [-0.25, -0.2) is 0 Å². The molecule has 0 aromatic heterocycles. The van der Waals surface area contributed by atoms with E-state index in [4.69, 9.17) is 9.94 Å². The first kappa shape index (κ1) is 12.8. The SMILES string of the molecule is ON=C1CCC(OC2CCCCCC2O)CC1. The highest BCUT2D eigenvalue weighted by Crippen LogP contribution is 2.26. The molecule has 17 heavy (non-hydrogen) atoms. The first-order valence-corrected chi connectivity index (χ1v) is 6.83.